The number of aromatic nitrogens is 1. The van der Waals surface area contributed by atoms with Crippen LogP contribution < -0.4 is 41.2 Å². The second kappa shape index (κ2) is 19.2. The smallest absolute Gasteiger partial charge is 0.378 e. The lowest BCUT2D eigenvalue weighted by Crippen LogP contribution is -2.74. The van der Waals surface area contributed by atoms with Gasteiger partial charge in [0, 0.05) is 12.3 Å². The van der Waals surface area contributed by atoms with E-state index in [4.69, 9.17) is 4.53 Å². The lowest BCUT2D eigenvalue weighted by atomic mass is 10.3. The summed E-state index contributed by atoms with van der Waals surface area (Å²) in [6.07, 6.45) is 5.76. The summed E-state index contributed by atoms with van der Waals surface area (Å²) >= 11 is 0. The SMILES string of the molecule is CCCCC.O=c1ccccn1O[Si](c1ccccc1)(c1ccccc1)c1ccccc1.O[Si](c1ccccc1)(c1ccccc1)c1ccccc1. The lowest BCUT2D eigenvalue weighted by Gasteiger charge is -2.32. The Bertz CT molecular complexity index is 1880. The first-order valence-corrected chi connectivity index (χ1v) is 21.8. The molecule has 0 aliphatic rings. The zero-order valence-electron chi connectivity index (χ0n) is 30.0. The average Bonchev–Trinajstić information content (AvgIpc) is 3.23. The van der Waals surface area contributed by atoms with E-state index in [-0.39, 0.29) is 5.56 Å². The van der Waals surface area contributed by atoms with Crippen molar-refractivity contribution in [2.75, 3.05) is 0 Å². The minimum absolute atomic E-state index is 0.183. The summed E-state index contributed by atoms with van der Waals surface area (Å²) in [7, 11) is -5.81. The number of benzene rings is 6. The summed E-state index contributed by atoms with van der Waals surface area (Å²) in [4.78, 5) is 24.0. The van der Waals surface area contributed by atoms with Crippen molar-refractivity contribution >= 4 is 47.8 Å². The van der Waals surface area contributed by atoms with Gasteiger partial charge in [-0.25, -0.2) is 0 Å². The van der Waals surface area contributed by atoms with E-state index in [0.29, 0.717) is 0 Å². The van der Waals surface area contributed by atoms with Gasteiger partial charge in [-0.3, -0.25) is 4.79 Å². The molecule has 0 aliphatic carbocycles. The van der Waals surface area contributed by atoms with Gasteiger partial charge in [0.15, 0.2) is 0 Å². The summed E-state index contributed by atoms with van der Waals surface area (Å²) in [6.45, 7) is 4.42. The molecule has 0 saturated heterocycles. The normalized spacial score (nSPS) is 10.9. The molecule has 0 fully saturated rings. The monoisotopic (exact) mass is 717 g/mol. The summed E-state index contributed by atoms with van der Waals surface area (Å²) in [5, 5.41) is 6.28. The molecule has 52 heavy (non-hydrogen) atoms. The molecule has 1 aromatic heterocycles. The fraction of sp³-hybridized carbons (Fsp3) is 0.109. The van der Waals surface area contributed by atoms with Crippen LogP contribution in [0.3, 0.4) is 0 Å². The van der Waals surface area contributed by atoms with Crippen LogP contribution in [0.5, 0.6) is 0 Å². The van der Waals surface area contributed by atoms with Gasteiger partial charge < -0.3 is 9.32 Å². The van der Waals surface area contributed by atoms with Crippen molar-refractivity contribution in [2.24, 2.45) is 0 Å². The van der Waals surface area contributed by atoms with Crippen molar-refractivity contribution < 1.29 is 9.32 Å². The van der Waals surface area contributed by atoms with E-state index in [0.717, 1.165) is 31.1 Å². The van der Waals surface area contributed by atoms with Crippen LogP contribution >= 0.6 is 0 Å². The first-order chi connectivity index (χ1) is 25.5. The largest absolute Gasteiger partial charge is 0.450 e. The van der Waals surface area contributed by atoms with E-state index < -0.39 is 16.6 Å². The zero-order chi connectivity index (χ0) is 36.5. The Morgan fingerprint density at radius 1 is 0.442 bits per heavy atom. The van der Waals surface area contributed by atoms with Gasteiger partial charge >= 0.3 is 8.32 Å². The maximum Gasteiger partial charge on any atom is 0.378 e. The average molecular weight is 718 g/mol. The summed E-state index contributed by atoms with van der Waals surface area (Å²) in [5.41, 5.74) is -0.183. The molecule has 0 saturated carbocycles. The minimum atomic E-state index is -2.93. The molecule has 0 spiro atoms. The maximum atomic E-state index is 12.5. The van der Waals surface area contributed by atoms with Gasteiger partial charge in [-0.05, 0) is 37.2 Å². The predicted octanol–water partition coefficient (Wildman–Crippen LogP) is 5.79. The Kier molecular flexibility index (Phi) is 13.9. The highest BCUT2D eigenvalue weighted by Crippen LogP contribution is 2.08. The number of nitrogens with zero attached hydrogens (tertiary/aromatic N) is 1. The van der Waals surface area contributed by atoms with E-state index in [9.17, 15) is 9.59 Å². The molecule has 262 valence electrons. The summed E-state index contributed by atoms with van der Waals surface area (Å²) in [5.74, 6) is 0. The molecule has 1 N–H and O–H groups in total. The Balaban J connectivity index is 0.000000184. The van der Waals surface area contributed by atoms with E-state index in [2.05, 4.69) is 50.2 Å². The second-order valence-corrected chi connectivity index (χ2v) is 18.8. The first kappa shape index (κ1) is 37.7. The molecule has 7 rings (SSSR count). The van der Waals surface area contributed by atoms with E-state index in [1.54, 1.807) is 12.3 Å². The molecule has 0 aliphatic heterocycles. The number of hydrogen-bond acceptors (Lipinski definition) is 3. The van der Waals surface area contributed by atoms with E-state index in [1.165, 1.54) is 30.1 Å². The van der Waals surface area contributed by atoms with Crippen molar-refractivity contribution in [3.63, 3.8) is 0 Å². The predicted molar refractivity (Wildman–Crippen MR) is 223 cm³/mol. The van der Waals surface area contributed by atoms with Crippen LogP contribution in [-0.4, -0.2) is 26.2 Å². The van der Waals surface area contributed by atoms with Crippen molar-refractivity contribution in [3.05, 3.63) is 217 Å². The van der Waals surface area contributed by atoms with Crippen LogP contribution in [0.4, 0.5) is 0 Å². The molecular formula is C46H47NO3Si2. The molecule has 0 unspecified atom stereocenters. The van der Waals surface area contributed by atoms with E-state index >= 15 is 0 Å². The third-order valence-electron chi connectivity index (χ3n) is 8.85. The van der Waals surface area contributed by atoms with Crippen molar-refractivity contribution in [1.82, 2.24) is 4.73 Å². The highest BCUT2D eigenvalue weighted by molar-refractivity contribution is 7.07. The Morgan fingerprint density at radius 2 is 0.731 bits per heavy atom. The molecule has 0 radical (unpaired) electrons. The van der Waals surface area contributed by atoms with Crippen molar-refractivity contribution in [1.29, 1.82) is 0 Å². The Morgan fingerprint density at radius 3 is 1.00 bits per heavy atom. The number of unbranched alkanes of at least 4 members (excludes halogenated alkanes) is 2. The summed E-state index contributed by atoms with van der Waals surface area (Å²) < 4.78 is 7.99. The number of rotatable bonds is 10. The Labute approximate surface area is 310 Å². The highest BCUT2D eigenvalue weighted by Gasteiger charge is 2.45. The van der Waals surface area contributed by atoms with Crippen LogP contribution in [0, 0.1) is 0 Å². The second-order valence-electron chi connectivity index (χ2n) is 12.4. The van der Waals surface area contributed by atoms with Crippen molar-refractivity contribution in [3.8, 4) is 0 Å². The van der Waals surface area contributed by atoms with Gasteiger partial charge in [-0.2, -0.15) is 4.73 Å². The molecule has 6 aromatic carbocycles. The number of pyridine rings is 1. The third kappa shape index (κ3) is 9.03. The quantitative estimate of drug-likeness (QED) is 0.144. The van der Waals surface area contributed by atoms with Gasteiger partial charge in [-0.1, -0.05) is 221 Å². The van der Waals surface area contributed by atoms with Crippen LogP contribution in [-0.2, 0) is 0 Å². The standard InChI is InChI=1S/C23H19NO2Si.C18H16OSi.C5H12/c25-23-18-10-11-19-24(23)26-27(20-12-4-1-5-13-20,21-14-6-2-7-15-21)22-16-8-3-9-17-22;19-20(16-10-4-1-5-11-16,17-12-6-2-7-13-17)18-14-8-3-9-15-18;1-3-5-4-2/h1-19H;1-15,19H;3-5H2,1-2H3. The van der Waals surface area contributed by atoms with Crippen LogP contribution in [0.1, 0.15) is 33.1 Å². The topological polar surface area (TPSA) is 51.5 Å². The molecule has 0 amide bonds. The molecule has 4 nitrogen and oxygen atoms in total. The molecule has 7 aromatic rings. The lowest BCUT2D eigenvalue weighted by molar-refractivity contribution is 0.265. The van der Waals surface area contributed by atoms with Crippen molar-refractivity contribution in [2.45, 2.75) is 33.1 Å². The summed E-state index contributed by atoms with van der Waals surface area (Å²) in [6, 6.07) is 65.6. The molecule has 0 bridgehead atoms. The molecule has 6 heteroatoms. The molecule has 1 heterocycles. The minimum Gasteiger partial charge on any atom is -0.450 e. The van der Waals surface area contributed by atoms with Crippen LogP contribution in [0.15, 0.2) is 211 Å². The molecule has 0 atom stereocenters. The van der Waals surface area contributed by atoms with Gasteiger partial charge in [0.2, 0.25) is 0 Å². The highest BCUT2D eigenvalue weighted by atomic mass is 28.4. The fourth-order valence-corrected chi connectivity index (χ4v) is 13.0. The van der Waals surface area contributed by atoms with Gasteiger partial charge in [0.1, 0.15) is 0 Å². The van der Waals surface area contributed by atoms with Gasteiger partial charge in [0.05, 0.1) is 0 Å². The van der Waals surface area contributed by atoms with E-state index in [1.807, 2.05) is 152 Å². The van der Waals surface area contributed by atoms with Gasteiger partial charge in [-0.15, -0.1) is 0 Å². The number of hydrogen-bond donors (Lipinski definition) is 1. The van der Waals surface area contributed by atoms with Crippen LogP contribution in [0.25, 0.3) is 0 Å². The third-order valence-corrected chi connectivity index (χ3v) is 16.3. The zero-order valence-corrected chi connectivity index (χ0v) is 32.0. The maximum absolute atomic E-state index is 12.5. The fourth-order valence-electron chi connectivity index (χ4n) is 6.20. The Hall–Kier alpha value is -5.54. The molecular weight excluding hydrogens is 671 g/mol. The van der Waals surface area contributed by atoms with Gasteiger partial charge in [0.25, 0.3) is 13.9 Å². The first-order valence-electron chi connectivity index (χ1n) is 18.0. The van der Waals surface area contributed by atoms with Crippen LogP contribution in [0.2, 0.25) is 0 Å².